The summed E-state index contributed by atoms with van der Waals surface area (Å²) in [5.41, 5.74) is 0.943. The second kappa shape index (κ2) is 7.68. The molecule has 140 valence electrons. The van der Waals surface area contributed by atoms with E-state index in [9.17, 15) is 19.1 Å². The third-order valence-corrected chi connectivity index (χ3v) is 5.07. The van der Waals surface area contributed by atoms with E-state index in [4.69, 9.17) is 0 Å². The largest absolute Gasteiger partial charge is 0.389 e. The Balaban J connectivity index is 1.90. The maximum atomic E-state index is 14.4. The van der Waals surface area contributed by atoms with Crippen molar-refractivity contribution in [2.75, 3.05) is 27.2 Å². The predicted molar refractivity (Wildman–Crippen MR) is 95.8 cm³/mol. The first-order valence-electron chi connectivity index (χ1n) is 9.00. The van der Waals surface area contributed by atoms with Gasteiger partial charge in [-0.2, -0.15) is 0 Å². The quantitative estimate of drug-likeness (QED) is 0.815. The number of halogens is 1. The Bertz CT molecular complexity index is 728. The van der Waals surface area contributed by atoms with Gasteiger partial charge in [-0.3, -0.25) is 14.5 Å². The first kappa shape index (κ1) is 18.7. The van der Waals surface area contributed by atoms with Crippen molar-refractivity contribution in [3.05, 3.63) is 47.3 Å². The molecule has 26 heavy (non-hydrogen) atoms. The van der Waals surface area contributed by atoms with Crippen molar-refractivity contribution >= 4 is 11.7 Å². The number of ketones is 1. The lowest BCUT2D eigenvalue weighted by molar-refractivity contribution is -0.126. The highest BCUT2D eigenvalue weighted by atomic mass is 19.1. The monoisotopic (exact) mass is 360 g/mol. The lowest BCUT2D eigenvalue weighted by Gasteiger charge is -2.37. The molecular formula is C20H25FN2O3. The molecule has 0 bridgehead atoms. The maximum Gasteiger partial charge on any atom is 0.246 e. The number of hydrogen-bond acceptors (Lipinski definition) is 4. The summed E-state index contributed by atoms with van der Waals surface area (Å²) in [5.74, 6) is -0.587. The molecule has 0 spiro atoms. The molecule has 1 aliphatic heterocycles. The van der Waals surface area contributed by atoms with Gasteiger partial charge >= 0.3 is 0 Å². The molecule has 1 aliphatic carbocycles. The number of likely N-dealkylation sites (N-methyl/N-ethyl adjacent to an activating group) is 1. The number of hydrogen-bond donors (Lipinski definition) is 1. The molecule has 1 saturated heterocycles. The van der Waals surface area contributed by atoms with Gasteiger partial charge in [0, 0.05) is 44.7 Å². The molecule has 1 aromatic rings. The fourth-order valence-corrected chi connectivity index (χ4v) is 3.36. The number of carbonyl (C=O) groups is 2. The van der Waals surface area contributed by atoms with Gasteiger partial charge < -0.3 is 10.0 Å². The number of piperidine rings is 1. The number of rotatable bonds is 5. The van der Waals surface area contributed by atoms with Crippen LogP contribution in [0.4, 0.5) is 4.39 Å². The zero-order valence-electron chi connectivity index (χ0n) is 15.2. The van der Waals surface area contributed by atoms with Crippen LogP contribution in [0.25, 0.3) is 0 Å². The molecule has 5 nitrogen and oxygen atoms in total. The van der Waals surface area contributed by atoms with E-state index in [0.29, 0.717) is 24.1 Å². The fourth-order valence-electron chi connectivity index (χ4n) is 3.36. The number of aliphatic hydroxyl groups is 1. The second-order valence-corrected chi connectivity index (χ2v) is 7.33. The van der Waals surface area contributed by atoms with Crippen LogP contribution in [0.3, 0.4) is 0 Å². The minimum atomic E-state index is -0.715. The van der Waals surface area contributed by atoms with E-state index in [1.807, 2.05) is 4.90 Å². The van der Waals surface area contributed by atoms with Crippen molar-refractivity contribution in [3.8, 4) is 0 Å². The number of likely N-dealkylation sites (tertiary alicyclic amines) is 1. The summed E-state index contributed by atoms with van der Waals surface area (Å²) in [7, 11) is 3.29. The van der Waals surface area contributed by atoms with Crippen molar-refractivity contribution in [3.63, 3.8) is 0 Å². The highest BCUT2D eigenvalue weighted by Gasteiger charge is 2.41. The number of amides is 1. The Morgan fingerprint density at radius 2 is 1.96 bits per heavy atom. The number of aliphatic hydroxyl groups excluding tert-OH is 1. The van der Waals surface area contributed by atoms with Gasteiger partial charge in [0.15, 0.2) is 5.78 Å². The van der Waals surface area contributed by atoms with Gasteiger partial charge in [0.05, 0.1) is 12.1 Å². The van der Waals surface area contributed by atoms with Crippen LogP contribution in [-0.4, -0.2) is 59.9 Å². The molecule has 2 fully saturated rings. The molecule has 0 aromatic heterocycles. The van der Waals surface area contributed by atoms with E-state index in [-0.39, 0.29) is 24.2 Å². The zero-order chi connectivity index (χ0) is 18.8. The van der Waals surface area contributed by atoms with Gasteiger partial charge in [0.25, 0.3) is 0 Å². The van der Waals surface area contributed by atoms with E-state index >= 15 is 0 Å². The van der Waals surface area contributed by atoms with Crippen LogP contribution < -0.4 is 0 Å². The van der Waals surface area contributed by atoms with Crippen LogP contribution in [-0.2, 0) is 9.59 Å². The van der Waals surface area contributed by atoms with Gasteiger partial charge in [-0.15, -0.1) is 0 Å². The van der Waals surface area contributed by atoms with Crippen molar-refractivity contribution in [1.29, 1.82) is 0 Å². The standard InChI is InChI=1S/C20H25FN2O3/c1-22(2)18(25)11-14-12-23(10-9-17(14)24)19(20(26)13-7-8-13)15-5-3-4-6-16(15)21/h3-6,11,13,17,19,24H,7-10,12H2,1-2H3. The Morgan fingerprint density at radius 1 is 1.27 bits per heavy atom. The first-order valence-corrected chi connectivity index (χ1v) is 9.00. The second-order valence-electron chi connectivity index (χ2n) is 7.33. The summed E-state index contributed by atoms with van der Waals surface area (Å²) in [5, 5.41) is 10.3. The van der Waals surface area contributed by atoms with E-state index in [1.54, 1.807) is 32.3 Å². The summed E-state index contributed by atoms with van der Waals surface area (Å²) < 4.78 is 14.4. The SMILES string of the molecule is CN(C)C(=O)C=C1CN(C(C(=O)C2CC2)c2ccccc2F)CCC1O. The number of nitrogens with zero attached hydrogens (tertiary/aromatic N) is 2. The van der Waals surface area contributed by atoms with Crippen molar-refractivity contribution in [2.24, 2.45) is 5.92 Å². The molecule has 2 atom stereocenters. The first-order chi connectivity index (χ1) is 12.4. The van der Waals surface area contributed by atoms with E-state index < -0.39 is 18.0 Å². The number of carbonyl (C=O) groups excluding carboxylic acids is 2. The molecular weight excluding hydrogens is 335 g/mol. The van der Waals surface area contributed by atoms with Crippen LogP contribution in [0.2, 0.25) is 0 Å². The minimum absolute atomic E-state index is 0.0118. The molecule has 0 radical (unpaired) electrons. The smallest absolute Gasteiger partial charge is 0.246 e. The highest BCUT2D eigenvalue weighted by molar-refractivity contribution is 5.90. The summed E-state index contributed by atoms with van der Waals surface area (Å²) in [6.45, 7) is 0.754. The summed E-state index contributed by atoms with van der Waals surface area (Å²) in [6.07, 6.45) is 2.82. The van der Waals surface area contributed by atoms with Crippen LogP contribution >= 0.6 is 0 Å². The van der Waals surface area contributed by atoms with Gasteiger partial charge in [-0.25, -0.2) is 4.39 Å². The van der Waals surface area contributed by atoms with Gasteiger partial charge in [-0.05, 0) is 30.9 Å². The molecule has 1 amide bonds. The summed E-state index contributed by atoms with van der Waals surface area (Å²) in [6, 6.07) is 5.69. The van der Waals surface area contributed by atoms with Crippen molar-refractivity contribution in [2.45, 2.75) is 31.4 Å². The molecule has 1 heterocycles. The third-order valence-electron chi connectivity index (χ3n) is 5.07. The van der Waals surface area contributed by atoms with E-state index in [2.05, 4.69) is 0 Å². The van der Waals surface area contributed by atoms with E-state index in [0.717, 1.165) is 12.8 Å². The Morgan fingerprint density at radius 3 is 2.58 bits per heavy atom. The zero-order valence-corrected chi connectivity index (χ0v) is 15.2. The number of benzene rings is 1. The Hall–Kier alpha value is -2.05. The Labute approximate surface area is 153 Å². The third kappa shape index (κ3) is 4.02. The van der Waals surface area contributed by atoms with Crippen LogP contribution in [0.15, 0.2) is 35.9 Å². The van der Waals surface area contributed by atoms with Crippen LogP contribution in [0.1, 0.15) is 30.9 Å². The topological polar surface area (TPSA) is 60.9 Å². The molecule has 1 aromatic carbocycles. The van der Waals surface area contributed by atoms with Crippen LogP contribution in [0, 0.1) is 11.7 Å². The van der Waals surface area contributed by atoms with Crippen molar-refractivity contribution in [1.82, 2.24) is 9.80 Å². The summed E-state index contributed by atoms with van der Waals surface area (Å²) in [4.78, 5) is 28.2. The van der Waals surface area contributed by atoms with Crippen LogP contribution in [0.5, 0.6) is 0 Å². The molecule has 2 unspecified atom stereocenters. The Kier molecular flexibility index (Phi) is 5.53. The normalized spacial score (nSPS) is 23.7. The van der Waals surface area contributed by atoms with Crippen molar-refractivity contribution < 1.29 is 19.1 Å². The lowest BCUT2D eigenvalue weighted by atomic mass is 9.92. The highest BCUT2D eigenvalue weighted by Crippen LogP contribution is 2.39. The van der Waals surface area contributed by atoms with Gasteiger partial charge in [0.1, 0.15) is 5.82 Å². The minimum Gasteiger partial charge on any atom is -0.389 e. The average Bonchev–Trinajstić information content (AvgIpc) is 3.44. The average molecular weight is 360 g/mol. The maximum absolute atomic E-state index is 14.4. The van der Waals surface area contributed by atoms with Gasteiger partial charge in [-0.1, -0.05) is 18.2 Å². The number of Topliss-reactive ketones (excluding diaryl/α,β-unsaturated/α-hetero) is 1. The molecule has 6 heteroatoms. The fraction of sp³-hybridized carbons (Fsp3) is 0.500. The van der Waals surface area contributed by atoms with E-state index in [1.165, 1.54) is 17.0 Å². The molecule has 1 N–H and O–H groups in total. The molecule has 2 aliphatic rings. The van der Waals surface area contributed by atoms with Gasteiger partial charge in [0.2, 0.25) is 5.91 Å². The molecule has 1 saturated carbocycles. The molecule has 3 rings (SSSR count). The summed E-state index contributed by atoms with van der Waals surface area (Å²) >= 11 is 0. The lowest BCUT2D eigenvalue weighted by Crippen LogP contribution is -2.44. The predicted octanol–water partition coefficient (Wildman–Crippen LogP) is 1.93.